The number of likely N-dealkylation sites (tertiary alicyclic amines) is 1. The summed E-state index contributed by atoms with van der Waals surface area (Å²) in [6.45, 7) is 2.50. The molecule has 1 fully saturated rings. The van der Waals surface area contributed by atoms with Crippen LogP contribution in [0.1, 0.15) is 52.3 Å². The number of benzene rings is 1. The van der Waals surface area contributed by atoms with Crippen LogP contribution in [0, 0.1) is 18.0 Å². The number of aromatic hydroxyl groups is 1. The number of quaternary nitrogens is 1. The molecule has 1 N–H and O–H groups in total. The van der Waals surface area contributed by atoms with Crippen molar-refractivity contribution < 1.29 is 14.5 Å². The van der Waals surface area contributed by atoms with Crippen LogP contribution in [0.5, 0.6) is 5.75 Å². The number of hydrogen-bond acceptors (Lipinski definition) is 5. The van der Waals surface area contributed by atoms with Crippen molar-refractivity contribution in [3.63, 3.8) is 0 Å². The fourth-order valence-electron chi connectivity index (χ4n) is 5.66. The summed E-state index contributed by atoms with van der Waals surface area (Å²) >= 11 is 3.55. The number of pyridine rings is 2. The van der Waals surface area contributed by atoms with Gasteiger partial charge in [-0.25, -0.2) is 4.79 Å². The number of halogens is 1. The number of hydrogen-bond donors (Lipinski definition) is 1. The maximum Gasteiger partial charge on any atom is 0.318 e. The molecule has 2 aromatic heterocycles. The molecule has 0 bridgehead atoms. The molecule has 3 heterocycles. The molecule has 0 spiro atoms. The van der Waals surface area contributed by atoms with E-state index in [4.69, 9.17) is 4.98 Å². The highest BCUT2D eigenvalue weighted by molar-refractivity contribution is 9.10. The number of rotatable bonds is 3. The van der Waals surface area contributed by atoms with Gasteiger partial charge in [0.25, 0.3) is 0 Å². The number of fused-ring (bicyclic) bond motifs is 2. The normalized spacial score (nSPS) is 24.1. The van der Waals surface area contributed by atoms with Crippen LogP contribution in [0.15, 0.2) is 53.4 Å². The first-order valence-corrected chi connectivity index (χ1v) is 12.6. The van der Waals surface area contributed by atoms with Gasteiger partial charge in [0.15, 0.2) is 0 Å². The van der Waals surface area contributed by atoms with Gasteiger partial charge in [-0.3, -0.25) is 14.6 Å². The Balaban J connectivity index is 1.45. The highest BCUT2D eigenvalue weighted by atomic mass is 79.9. The van der Waals surface area contributed by atoms with Gasteiger partial charge in [0.2, 0.25) is 0 Å². The first kappa shape index (κ1) is 23.1. The molecular weight excluding hydrogens is 494 g/mol. The van der Waals surface area contributed by atoms with Gasteiger partial charge >= 0.3 is 5.91 Å². The molecule has 0 radical (unpaired) electrons. The molecule has 34 heavy (non-hydrogen) atoms. The maximum absolute atomic E-state index is 13.5. The van der Waals surface area contributed by atoms with Gasteiger partial charge in [-0.2, -0.15) is 0 Å². The number of carbonyl (C=O) groups is 1. The highest BCUT2D eigenvalue weighted by Gasteiger charge is 2.40. The van der Waals surface area contributed by atoms with Crippen molar-refractivity contribution >= 4 is 21.8 Å². The monoisotopic (exact) mass is 521 g/mol. The summed E-state index contributed by atoms with van der Waals surface area (Å²) in [5.41, 5.74) is 6.11. The average Bonchev–Trinajstić information content (AvgIpc) is 2.97. The average molecular weight is 522 g/mol. The summed E-state index contributed by atoms with van der Waals surface area (Å²) in [6.07, 6.45) is 8.14. The third-order valence-electron chi connectivity index (χ3n) is 7.38. The molecule has 6 nitrogen and oxygen atoms in total. The van der Waals surface area contributed by atoms with E-state index in [-0.39, 0.29) is 37.3 Å². The largest absolute Gasteiger partial charge is 0.625 e. The highest BCUT2D eigenvalue weighted by Crippen LogP contribution is 2.46. The van der Waals surface area contributed by atoms with E-state index in [0.29, 0.717) is 18.6 Å². The Hall–Kier alpha value is -2.61. The van der Waals surface area contributed by atoms with Crippen LogP contribution in [-0.4, -0.2) is 38.7 Å². The Labute approximate surface area is 208 Å². The molecular formula is C27H28BrN3O3. The smallest absolute Gasteiger partial charge is 0.318 e. The number of phenolic OH excluding ortho intramolecular Hbond substituents is 1. The number of amides is 1. The van der Waals surface area contributed by atoms with E-state index >= 15 is 0 Å². The standard InChI is InChI=1S/C27H28BrN3O3/c1-17-12-20-2-3-21-15-22(28)16-30-27(21)26(25(20)23(32)13-17)19-6-10-31(34,11-7-19)24(33)14-18-4-8-29-9-5-18/h4-5,8-9,12-13,15-16,19,26,32H,2-3,6-7,10-11,14H2,1H3. The van der Waals surface area contributed by atoms with Crippen LogP contribution in [0.25, 0.3) is 0 Å². The first-order valence-electron chi connectivity index (χ1n) is 11.8. The zero-order chi connectivity index (χ0) is 23.9. The minimum atomic E-state index is -0.793. The second-order valence-corrected chi connectivity index (χ2v) is 10.5. The summed E-state index contributed by atoms with van der Waals surface area (Å²) in [4.78, 5) is 21.7. The van der Waals surface area contributed by atoms with Crippen LogP contribution < -0.4 is 0 Å². The van der Waals surface area contributed by atoms with Gasteiger partial charge in [-0.05, 0) is 88.1 Å². The van der Waals surface area contributed by atoms with Gasteiger partial charge in [0, 0.05) is 47.4 Å². The Bertz CT molecular complexity index is 1220. The minimum absolute atomic E-state index is 0.0924. The SMILES string of the molecule is Cc1cc(O)c2c(c1)CCc1cc(Br)cnc1C2C1CC[N+]([O-])(C(=O)Cc2ccncc2)CC1. The lowest BCUT2D eigenvalue weighted by molar-refractivity contribution is -0.811. The number of carbonyl (C=O) groups excluding carboxylic acids is 1. The Morgan fingerprint density at radius 1 is 1.15 bits per heavy atom. The molecule has 1 unspecified atom stereocenters. The van der Waals surface area contributed by atoms with E-state index in [9.17, 15) is 15.1 Å². The molecule has 7 heteroatoms. The third-order valence-corrected chi connectivity index (χ3v) is 7.81. The third kappa shape index (κ3) is 4.40. The van der Waals surface area contributed by atoms with Crippen LogP contribution in [0.2, 0.25) is 0 Å². The van der Waals surface area contributed by atoms with Crippen molar-refractivity contribution in [3.8, 4) is 5.75 Å². The van der Waals surface area contributed by atoms with E-state index < -0.39 is 4.65 Å². The lowest BCUT2D eigenvalue weighted by atomic mass is 9.75. The van der Waals surface area contributed by atoms with Crippen molar-refractivity contribution in [2.24, 2.45) is 5.92 Å². The van der Waals surface area contributed by atoms with Crippen molar-refractivity contribution in [2.75, 3.05) is 13.1 Å². The van der Waals surface area contributed by atoms with Crippen LogP contribution in [0.4, 0.5) is 0 Å². The molecule has 3 aromatic rings. The molecule has 1 aliphatic heterocycles. The van der Waals surface area contributed by atoms with Gasteiger partial charge in [-0.1, -0.05) is 6.07 Å². The molecule has 1 aliphatic carbocycles. The van der Waals surface area contributed by atoms with Crippen LogP contribution in [-0.2, 0) is 24.1 Å². The van der Waals surface area contributed by atoms with Crippen molar-refractivity contribution in [2.45, 2.75) is 44.9 Å². The quantitative estimate of drug-likeness (QED) is 0.388. The summed E-state index contributed by atoms with van der Waals surface area (Å²) in [5, 5.41) is 24.5. The van der Waals surface area contributed by atoms with Crippen molar-refractivity contribution in [1.29, 1.82) is 0 Å². The zero-order valence-corrected chi connectivity index (χ0v) is 20.8. The molecule has 5 rings (SSSR count). The van der Waals surface area contributed by atoms with E-state index in [1.54, 1.807) is 24.5 Å². The number of nitrogens with zero attached hydrogens (tertiary/aromatic N) is 3. The second-order valence-electron chi connectivity index (χ2n) is 9.63. The molecule has 1 atom stereocenters. The predicted octanol–water partition coefficient (Wildman–Crippen LogP) is 4.98. The number of aromatic nitrogens is 2. The molecule has 1 saturated heterocycles. The van der Waals surface area contributed by atoms with Gasteiger partial charge < -0.3 is 10.3 Å². The molecule has 1 amide bonds. The van der Waals surface area contributed by atoms with E-state index in [1.165, 1.54) is 5.56 Å². The summed E-state index contributed by atoms with van der Waals surface area (Å²) < 4.78 is 0.149. The summed E-state index contributed by atoms with van der Waals surface area (Å²) in [6, 6.07) is 9.68. The Morgan fingerprint density at radius 3 is 2.59 bits per heavy atom. The van der Waals surface area contributed by atoms with Gasteiger partial charge in [-0.15, -0.1) is 0 Å². The number of piperidine rings is 1. The van der Waals surface area contributed by atoms with Crippen molar-refractivity contribution in [1.82, 2.24) is 9.97 Å². The number of aryl methyl sites for hydroxylation is 3. The van der Waals surface area contributed by atoms with Crippen molar-refractivity contribution in [3.05, 3.63) is 92.1 Å². The molecule has 176 valence electrons. The number of phenols is 1. The predicted molar refractivity (Wildman–Crippen MR) is 133 cm³/mol. The van der Waals surface area contributed by atoms with E-state index in [1.807, 2.05) is 19.2 Å². The summed E-state index contributed by atoms with van der Waals surface area (Å²) in [7, 11) is 0. The van der Waals surface area contributed by atoms with Crippen LogP contribution in [0.3, 0.4) is 0 Å². The lowest BCUT2D eigenvalue weighted by Crippen LogP contribution is -2.53. The van der Waals surface area contributed by atoms with Gasteiger partial charge in [0.1, 0.15) is 5.75 Å². The van der Waals surface area contributed by atoms with Crippen LogP contribution >= 0.6 is 15.9 Å². The first-order chi connectivity index (χ1) is 16.3. The minimum Gasteiger partial charge on any atom is -0.625 e. The fourth-order valence-corrected chi connectivity index (χ4v) is 6.04. The Kier molecular flexibility index (Phi) is 6.27. The molecule has 2 aliphatic rings. The summed E-state index contributed by atoms with van der Waals surface area (Å²) in [5.74, 6) is 0.0451. The fraction of sp³-hybridized carbons (Fsp3) is 0.370. The maximum atomic E-state index is 13.5. The van der Waals surface area contributed by atoms with E-state index in [0.717, 1.165) is 45.3 Å². The topological polar surface area (TPSA) is 86.1 Å². The molecule has 0 saturated carbocycles. The van der Waals surface area contributed by atoms with Gasteiger partial charge in [0.05, 0.1) is 25.2 Å². The zero-order valence-electron chi connectivity index (χ0n) is 19.2. The number of hydroxylamine groups is 3. The molecule has 1 aromatic carbocycles. The lowest BCUT2D eigenvalue weighted by Gasteiger charge is -2.46. The van der Waals surface area contributed by atoms with E-state index in [2.05, 4.69) is 33.0 Å². The Morgan fingerprint density at radius 2 is 1.85 bits per heavy atom. The second kappa shape index (κ2) is 9.21.